The highest BCUT2D eigenvalue weighted by atomic mass is 32.2. The van der Waals surface area contributed by atoms with Crippen LogP contribution in [0.5, 0.6) is 0 Å². The van der Waals surface area contributed by atoms with E-state index < -0.39 is 16.3 Å². The highest BCUT2D eigenvalue weighted by Crippen LogP contribution is 2.34. The Morgan fingerprint density at radius 2 is 1.89 bits per heavy atom. The Kier molecular flexibility index (Phi) is 6.24. The molecule has 2 aliphatic heterocycles. The summed E-state index contributed by atoms with van der Waals surface area (Å²) < 4.78 is 57.4. The number of hydrogen-bond acceptors (Lipinski definition) is 9. The van der Waals surface area contributed by atoms with Gasteiger partial charge < -0.3 is 15.0 Å². The first-order valence-corrected chi connectivity index (χ1v) is 14.4. The molecule has 3 fully saturated rings. The summed E-state index contributed by atoms with van der Waals surface area (Å²) in [6, 6.07) is 6.44. The van der Waals surface area contributed by atoms with E-state index in [9.17, 15) is 17.2 Å². The summed E-state index contributed by atoms with van der Waals surface area (Å²) in [5.74, 6) is 1.10. The molecule has 0 radical (unpaired) electrons. The number of rotatable bonds is 7. The first-order valence-electron chi connectivity index (χ1n) is 12.4. The number of alkyl halides is 2. The van der Waals surface area contributed by atoms with Crippen molar-refractivity contribution in [2.24, 2.45) is 0 Å². The van der Waals surface area contributed by atoms with E-state index in [1.807, 2.05) is 0 Å². The number of benzene rings is 1. The Balaban J connectivity index is 1.32. The van der Waals surface area contributed by atoms with Crippen molar-refractivity contribution in [3.63, 3.8) is 0 Å². The maximum absolute atomic E-state index is 13.4. The van der Waals surface area contributed by atoms with Crippen molar-refractivity contribution in [1.82, 2.24) is 24.6 Å². The second-order valence-corrected chi connectivity index (χ2v) is 12.4. The van der Waals surface area contributed by atoms with Crippen LogP contribution in [0.25, 0.3) is 16.7 Å². The van der Waals surface area contributed by atoms with Crippen LogP contribution in [0, 0.1) is 0 Å². The summed E-state index contributed by atoms with van der Waals surface area (Å²) in [5, 5.41) is 8.14. The molecule has 0 unspecified atom stereocenters. The van der Waals surface area contributed by atoms with Crippen LogP contribution in [0.3, 0.4) is 0 Å². The van der Waals surface area contributed by atoms with Crippen molar-refractivity contribution >= 4 is 32.6 Å². The second-order valence-electron chi connectivity index (χ2n) is 10.0. The summed E-state index contributed by atoms with van der Waals surface area (Å²) in [7, 11) is -3.08. The van der Waals surface area contributed by atoms with Crippen LogP contribution >= 0.6 is 0 Å². The molecule has 0 amide bonds. The molecule has 2 saturated heterocycles. The van der Waals surface area contributed by atoms with Crippen LogP contribution in [-0.4, -0.2) is 96.0 Å². The van der Waals surface area contributed by atoms with Crippen LogP contribution < -0.4 is 10.2 Å². The number of hydrogen-bond donors (Lipinski definition) is 1. The number of ether oxygens (including phenoxy) is 1. The largest absolute Gasteiger partial charge is 0.379 e. The van der Waals surface area contributed by atoms with Gasteiger partial charge in [0.1, 0.15) is 15.7 Å². The van der Waals surface area contributed by atoms with E-state index >= 15 is 0 Å². The lowest BCUT2D eigenvalue weighted by Gasteiger charge is -2.47. The lowest BCUT2D eigenvalue weighted by Crippen LogP contribution is -2.61. The molecule has 2 aromatic heterocycles. The Morgan fingerprint density at radius 1 is 1.14 bits per heavy atom. The fraction of sp³-hybridized carbons (Fsp3) is 0.542. The average Bonchev–Trinajstić information content (AvgIpc) is 3.24. The lowest BCUT2D eigenvalue weighted by atomic mass is 9.92. The van der Waals surface area contributed by atoms with Gasteiger partial charge in [-0.15, -0.1) is 0 Å². The molecule has 1 N–H and O–H groups in total. The van der Waals surface area contributed by atoms with E-state index in [1.165, 1.54) is 18.4 Å². The molecule has 1 saturated carbocycles. The first-order chi connectivity index (χ1) is 17.8. The van der Waals surface area contributed by atoms with Gasteiger partial charge in [0.2, 0.25) is 5.95 Å². The van der Waals surface area contributed by atoms with Crippen LogP contribution in [-0.2, 0) is 14.6 Å². The molecular weight excluding hydrogens is 504 g/mol. The summed E-state index contributed by atoms with van der Waals surface area (Å²) in [4.78, 5) is 14.1. The van der Waals surface area contributed by atoms with Gasteiger partial charge in [-0.05, 0) is 25.0 Å². The highest BCUT2D eigenvalue weighted by molar-refractivity contribution is 7.91. The van der Waals surface area contributed by atoms with Gasteiger partial charge in [0.15, 0.2) is 5.65 Å². The van der Waals surface area contributed by atoms with Crippen LogP contribution in [0.15, 0.2) is 30.5 Å². The third-order valence-electron chi connectivity index (χ3n) is 7.53. The number of aromatic nitrogens is 4. The maximum Gasteiger partial charge on any atom is 0.263 e. The zero-order chi connectivity index (χ0) is 25.7. The van der Waals surface area contributed by atoms with Crippen molar-refractivity contribution in [3.8, 4) is 5.69 Å². The molecule has 6 rings (SSSR count). The molecule has 3 aromatic rings. The van der Waals surface area contributed by atoms with Crippen molar-refractivity contribution in [2.45, 2.75) is 36.6 Å². The smallest absolute Gasteiger partial charge is 0.263 e. The Morgan fingerprint density at radius 3 is 2.59 bits per heavy atom. The number of anilines is 2. The Labute approximate surface area is 213 Å². The predicted octanol–water partition coefficient (Wildman–Crippen LogP) is 2.26. The summed E-state index contributed by atoms with van der Waals surface area (Å²) in [6.45, 7) is 4.90. The van der Waals surface area contributed by atoms with Crippen molar-refractivity contribution in [1.29, 1.82) is 0 Å². The molecule has 3 aliphatic rings. The first kappa shape index (κ1) is 24.4. The van der Waals surface area contributed by atoms with Crippen LogP contribution in [0.2, 0.25) is 0 Å². The van der Waals surface area contributed by atoms with Crippen molar-refractivity contribution < 1.29 is 21.9 Å². The highest BCUT2D eigenvalue weighted by Gasteiger charge is 2.38. The minimum absolute atomic E-state index is 0.0546. The van der Waals surface area contributed by atoms with Gasteiger partial charge in [-0.1, -0.05) is 12.1 Å². The number of nitrogens with zero attached hydrogens (tertiary/aromatic N) is 6. The van der Waals surface area contributed by atoms with Gasteiger partial charge in [0.05, 0.1) is 35.7 Å². The molecule has 0 atom stereocenters. The summed E-state index contributed by atoms with van der Waals surface area (Å²) >= 11 is 0. The molecule has 13 heteroatoms. The number of nitrogens with one attached hydrogen (secondary N) is 1. The number of morpholine rings is 1. The molecule has 4 heterocycles. The molecule has 1 aliphatic carbocycles. The summed E-state index contributed by atoms with van der Waals surface area (Å²) in [6.07, 6.45) is 1.33. The van der Waals surface area contributed by atoms with Crippen LogP contribution in [0.4, 0.5) is 20.5 Å². The Bertz CT molecular complexity index is 1400. The zero-order valence-corrected chi connectivity index (χ0v) is 21.2. The second kappa shape index (κ2) is 9.44. The standard InChI is InChI=1S/C24H29F2N7O3S/c1-37(34,35)19-10-16(11-19)28-24-29-22(32-13-18(14-32)31-5-7-36-8-6-31)20-12-27-33(23(20)30-24)17-4-2-3-15(9-17)21(25)26/h2-4,9,12,16,18-19,21H,5-8,10-11,13-14H2,1H3,(H,28,29,30)/t16-,19-. The van der Waals surface area contributed by atoms with Gasteiger partial charge in [-0.25, -0.2) is 21.9 Å². The third-order valence-corrected chi connectivity index (χ3v) is 9.13. The van der Waals surface area contributed by atoms with Gasteiger partial charge in [-0.3, -0.25) is 4.90 Å². The minimum atomic E-state index is -3.08. The SMILES string of the molecule is CS(=O)(=O)[C@H]1C[C@H](Nc2nc(N3CC(N4CCOCC4)C3)c3cnn(-c4cccc(C(F)F)c4)c3n2)C1. The molecule has 198 valence electrons. The van der Waals surface area contributed by atoms with Gasteiger partial charge in [-0.2, -0.15) is 15.1 Å². The lowest BCUT2D eigenvalue weighted by molar-refractivity contribution is 0.0105. The van der Waals surface area contributed by atoms with E-state index in [4.69, 9.17) is 14.7 Å². The molecule has 1 aromatic carbocycles. The van der Waals surface area contributed by atoms with Crippen LogP contribution in [0.1, 0.15) is 24.8 Å². The van der Waals surface area contributed by atoms with E-state index in [1.54, 1.807) is 23.0 Å². The zero-order valence-electron chi connectivity index (χ0n) is 20.4. The normalized spacial score (nSPS) is 23.3. The quantitative estimate of drug-likeness (QED) is 0.490. The summed E-state index contributed by atoms with van der Waals surface area (Å²) in [5.41, 5.74) is 0.901. The number of halogens is 2. The maximum atomic E-state index is 13.4. The predicted molar refractivity (Wildman–Crippen MR) is 135 cm³/mol. The van der Waals surface area contributed by atoms with E-state index in [2.05, 4.69) is 20.2 Å². The average molecular weight is 534 g/mol. The molecule has 0 bridgehead atoms. The van der Waals surface area contributed by atoms with E-state index in [0.29, 0.717) is 36.2 Å². The molecule has 0 spiro atoms. The monoisotopic (exact) mass is 533 g/mol. The minimum Gasteiger partial charge on any atom is -0.379 e. The van der Waals surface area contributed by atoms with Crippen molar-refractivity contribution in [3.05, 3.63) is 36.0 Å². The Hall–Kier alpha value is -2.90. The molecule has 37 heavy (non-hydrogen) atoms. The topological polar surface area (TPSA) is 105 Å². The fourth-order valence-corrected chi connectivity index (χ4v) is 6.36. The van der Waals surface area contributed by atoms with Gasteiger partial charge >= 0.3 is 0 Å². The van der Waals surface area contributed by atoms with Gasteiger partial charge in [0, 0.05) is 50.1 Å². The molecule has 10 nitrogen and oxygen atoms in total. The third kappa shape index (κ3) is 4.75. The van der Waals surface area contributed by atoms with Gasteiger partial charge in [0.25, 0.3) is 6.43 Å². The van der Waals surface area contributed by atoms with E-state index in [-0.39, 0.29) is 16.9 Å². The number of fused-ring (bicyclic) bond motifs is 1. The van der Waals surface area contributed by atoms with Crippen molar-refractivity contribution in [2.75, 3.05) is 55.9 Å². The fourth-order valence-electron chi connectivity index (χ4n) is 5.20. The van der Waals surface area contributed by atoms with E-state index in [0.717, 1.165) is 50.6 Å². The molecular formula is C24H29F2N7O3S. The number of sulfone groups is 1.